The first-order chi connectivity index (χ1) is 14.3. The summed E-state index contributed by atoms with van der Waals surface area (Å²) >= 11 is 0. The van der Waals surface area contributed by atoms with E-state index in [1.54, 1.807) is 16.7 Å². The average Bonchev–Trinajstić information content (AvgIpc) is 3.23. The molecule has 2 heterocycles. The van der Waals surface area contributed by atoms with Gasteiger partial charge in [-0.2, -0.15) is 0 Å². The first-order valence-electron chi connectivity index (χ1n) is 10.9. The molecule has 1 aromatic rings. The summed E-state index contributed by atoms with van der Waals surface area (Å²) in [6.07, 6.45) is 3.15. The van der Waals surface area contributed by atoms with E-state index in [-0.39, 0.29) is 36.3 Å². The second kappa shape index (κ2) is 10.1. The molecule has 1 aromatic carbocycles. The maximum atomic E-state index is 13.3. The third-order valence-electron chi connectivity index (χ3n) is 6.26. The van der Waals surface area contributed by atoms with E-state index in [1.165, 1.54) is 0 Å². The minimum Gasteiger partial charge on any atom is -0.376 e. The van der Waals surface area contributed by atoms with Crippen LogP contribution in [-0.2, 0) is 19.1 Å². The Morgan fingerprint density at radius 1 is 1.17 bits per heavy atom. The molecule has 7 heteroatoms. The number of ether oxygens (including phenoxy) is 1. The summed E-state index contributed by atoms with van der Waals surface area (Å²) in [6, 6.07) is 5.80. The molecule has 7 nitrogen and oxygen atoms in total. The average molecular weight is 416 g/mol. The number of piperidine rings is 1. The highest BCUT2D eigenvalue weighted by atomic mass is 16.5. The Labute approximate surface area is 178 Å². The molecule has 2 aliphatic heterocycles. The minimum absolute atomic E-state index is 0.00943. The molecular weight excluding hydrogens is 382 g/mol. The molecule has 3 rings (SSSR count). The van der Waals surface area contributed by atoms with E-state index < -0.39 is 0 Å². The number of carbonyl (C=O) groups is 3. The molecule has 0 aromatic heterocycles. The van der Waals surface area contributed by atoms with Gasteiger partial charge in [0.15, 0.2) is 0 Å². The Hall–Kier alpha value is -2.41. The van der Waals surface area contributed by atoms with Crippen LogP contribution in [0.1, 0.15) is 43.7 Å². The number of benzene rings is 1. The Bertz CT molecular complexity index is 781. The second-order valence-corrected chi connectivity index (χ2v) is 8.43. The van der Waals surface area contributed by atoms with Crippen LogP contribution < -0.4 is 5.32 Å². The van der Waals surface area contributed by atoms with Gasteiger partial charge in [0.25, 0.3) is 0 Å². The Morgan fingerprint density at radius 3 is 2.53 bits per heavy atom. The van der Waals surface area contributed by atoms with Gasteiger partial charge in [-0.3, -0.25) is 14.4 Å². The van der Waals surface area contributed by atoms with Crippen molar-refractivity contribution in [1.29, 1.82) is 0 Å². The lowest BCUT2D eigenvalue weighted by molar-refractivity contribution is -0.143. The summed E-state index contributed by atoms with van der Waals surface area (Å²) in [6.45, 7) is 7.88. The lowest BCUT2D eigenvalue weighted by Crippen LogP contribution is -2.48. The van der Waals surface area contributed by atoms with Crippen molar-refractivity contribution in [2.45, 2.75) is 52.6 Å². The number of likely N-dealkylation sites (tertiary alicyclic amines) is 1. The van der Waals surface area contributed by atoms with E-state index >= 15 is 0 Å². The molecule has 0 aliphatic carbocycles. The standard InChI is InChI=1S/C23H33N3O4/c1-16-6-4-8-21(17(16)2)24-22(28)15-26(14-20-7-5-13-30-20)23(29)19-9-11-25(12-10-19)18(3)27/h4,6,8,19-20H,5,7,9-15H2,1-3H3,(H,24,28). The van der Waals surface area contributed by atoms with Crippen molar-refractivity contribution in [3.8, 4) is 0 Å². The van der Waals surface area contributed by atoms with Crippen molar-refractivity contribution >= 4 is 23.4 Å². The van der Waals surface area contributed by atoms with Crippen molar-refractivity contribution in [2.24, 2.45) is 5.92 Å². The van der Waals surface area contributed by atoms with Crippen molar-refractivity contribution in [1.82, 2.24) is 9.80 Å². The van der Waals surface area contributed by atoms with Crippen LogP contribution in [0, 0.1) is 19.8 Å². The van der Waals surface area contributed by atoms with Crippen LogP contribution >= 0.6 is 0 Å². The predicted octanol–water partition coefficient (Wildman–Crippen LogP) is 2.51. The summed E-state index contributed by atoms with van der Waals surface area (Å²) in [5.74, 6) is -0.318. The summed E-state index contributed by atoms with van der Waals surface area (Å²) in [7, 11) is 0. The molecule has 2 fully saturated rings. The topological polar surface area (TPSA) is 79.0 Å². The summed E-state index contributed by atoms with van der Waals surface area (Å²) in [4.78, 5) is 41.1. The highest BCUT2D eigenvalue weighted by Gasteiger charge is 2.32. The van der Waals surface area contributed by atoms with E-state index in [0.29, 0.717) is 39.1 Å². The molecule has 1 unspecified atom stereocenters. The molecule has 3 amide bonds. The fourth-order valence-electron chi connectivity index (χ4n) is 4.22. The van der Waals surface area contributed by atoms with E-state index in [2.05, 4.69) is 5.32 Å². The van der Waals surface area contributed by atoms with E-state index in [0.717, 1.165) is 29.7 Å². The maximum absolute atomic E-state index is 13.3. The van der Waals surface area contributed by atoms with Crippen LogP contribution in [-0.4, -0.2) is 66.4 Å². The summed E-state index contributed by atoms with van der Waals surface area (Å²) < 4.78 is 5.73. The lowest BCUT2D eigenvalue weighted by atomic mass is 9.95. The molecule has 30 heavy (non-hydrogen) atoms. The van der Waals surface area contributed by atoms with E-state index in [1.807, 2.05) is 32.0 Å². The summed E-state index contributed by atoms with van der Waals surface area (Å²) in [5, 5.41) is 2.96. The molecule has 0 bridgehead atoms. The number of nitrogens with zero attached hydrogens (tertiary/aromatic N) is 2. The number of carbonyl (C=O) groups excluding carboxylic acids is 3. The molecule has 0 spiro atoms. The van der Waals surface area contributed by atoms with Gasteiger partial charge in [0.2, 0.25) is 17.7 Å². The molecule has 0 saturated carbocycles. The Balaban J connectivity index is 1.65. The highest BCUT2D eigenvalue weighted by molar-refractivity contribution is 5.95. The smallest absolute Gasteiger partial charge is 0.244 e. The number of hydrogen-bond donors (Lipinski definition) is 1. The van der Waals surface area contributed by atoms with E-state index in [9.17, 15) is 14.4 Å². The number of nitrogens with one attached hydrogen (secondary N) is 1. The SMILES string of the molecule is CC(=O)N1CCC(C(=O)N(CC(=O)Nc2cccc(C)c2C)CC2CCCO2)CC1. The van der Waals surface area contributed by atoms with Gasteiger partial charge in [0.05, 0.1) is 12.6 Å². The van der Waals surface area contributed by atoms with Crippen molar-refractivity contribution in [2.75, 3.05) is 38.1 Å². The zero-order valence-corrected chi connectivity index (χ0v) is 18.3. The second-order valence-electron chi connectivity index (χ2n) is 8.43. The minimum atomic E-state index is -0.198. The molecule has 2 aliphatic rings. The molecule has 0 radical (unpaired) electrons. The third-order valence-corrected chi connectivity index (χ3v) is 6.26. The largest absolute Gasteiger partial charge is 0.376 e. The monoisotopic (exact) mass is 415 g/mol. The maximum Gasteiger partial charge on any atom is 0.244 e. The zero-order valence-electron chi connectivity index (χ0n) is 18.3. The molecule has 164 valence electrons. The first-order valence-corrected chi connectivity index (χ1v) is 10.9. The Kier molecular flexibility index (Phi) is 7.48. The number of amides is 3. The van der Waals surface area contributed by atoms with Crippen molar-refractivity contribution < 1.29 is 19.1 Å². The van der Waals surface area contributed by atoms with Gasteiger partial charge in [-0.1, -0.05) is 12.1 Å². The van der Waals surface area contributed by atoms with Gasteiger partial charge in [0.1, 0.15) is 0 Å². The highest BCUT2D eigenvalue weighted by Crippen LogP contribution is 2.22. The van der Waals surface area contributed by atoms with Gasteiger partial charge < -0.3 is 19.9 Å². The van der Waals surface area contributed by atoms with Crippen LogP contribution in [0.25, 0.3) is 0 Å². The zero-order chi connectivity index (χ0) is 21.7. The fraction of sp³-hybridized carbons (Fsp3) is 0.609. The van der Waals surface area contributed by atoms with Gasteiger partial charge in [-0.05, 0) is 56.7 Å². The third kappa shape index (κ3) is 5.59. The van der Waals surface area contributed by atoms with E-state index in [4.69, 9.17) is 4.74 Å². The van der Waals surface area contributed by atoms with Crippen molar-refractivity contribution in [3.63, 3.8) is 0 Å². The number of aryl methyl sites for hydroxylation is 1. The van der Waals surface area contributed by atoms with Crippen LogP contribution in [0.2, 0.25) is 0 Å². The van der Waals surface area contributed by atoms with Gasteiger partial charge in [-0.15, -0.1) is 0 Å². The molecule has 1 N–H and O–H groups in total. The molecule has 1 atom stereocenters. The van der Waals surface area contributed by atoms with Crippen molar-refractivity contribution in [3.05, 3.63) is 29.3 Å². The summed E-state index contributed by atoms with van der Waals surface area (Å²) in [5.41, 5.74) is 2.91. The molecular formula is C23H33N3O4. The normalized spacial score (nSPS) is 19.6. The van der Waals surface area contributed by atoms with Gasteiger partial charge in [-0.25, -0.2) is 0 Å². The van der Waals surface area contributed by atoms with Crippen LogP contribution in [0.4, 0.5) is 5.69 Å². The lowest BCUT2D eigenvalue weighted by Gasteiger charge is -2.34. The number of hydrogen-bond acceptors (Lipinski definition) is 4. The van der Waals surface area contributed by atoms with Gasteiger partial charge >= 0.3 is 0 Å². The predicted molar refractivity (Wildman–Crippen MR) is 115 cm³/mol. The quantitative estimate of drug-likeness (QED) is 0.774. The van der Waals surface area contributed by atoms with Gasteiger partial charge in [0, 0.05) is 44.8 Å². The van der Waals surface area contributed by atoms with Crippen LogP contribution in [0.15, 0.2) is 18.2 Å². The molecule has 2 saturated heterocycles. The number of rotatable bonds is 6. The fourth-order valence-corrected chi connectivity index (χ4v) is 4.22. The number of anilines is 1. The van der Waals surface area contributed by atoms with Crippen LogP contribution in [0.5, 0.6) is 0 Å². The van der Waals surface area contributed by atoms with Crippen LogP contribution in [0.3, 0.4) is 0 Å². The first kappa shape index (κ1) is 22.3. The Morgan fingerprint density at radius 2 is 1.90 bits per heavy atom.